The molecule has 0 aliphatic carbocycles. The second-order valence-electron chi connectivity index (χ2n) is 5.88. The first-order valence-corrected chi connectivity index (χ1v) is 8.75. The van der Waals surface area contributed by atoms with Crippen molar-refractivity contribution in [3.05, 3.63) is 71.4 Å². The van der Waals surface area contributed by atoms with Gasteiger partial charge in [-0.25, -0.2) is 14.4 Å². The lowest BCUT2D eigenvalue weighted by atomic mass is 10.0. The van der Waals surface area contributed by atoms with Crippen molar-refractivity contribution in [3.63, 3.8) is 0 Å². The number of hydrogen-bond acceptors (Lipinski definition) is 8. The highest BCUT2D eigenvalue weighted by Gasteiger charge is 2.30. The van der Waals surface area contributed by atoms with Gasteiger partial charge in [0.25, 0.3) is 0 Å². The fraction of sp³-hybridized carbons (Fsp3) is 0.143. The molecule has 29 heavy (non-hydrogen) atoms. The van der Waals surface area contributed by atoms with Gasteiger partial charge in [0.05, 0.1) is 17.7 Å². The van der Waals surface area contributed by atoms with Crippen LogP contribution in [0.25, 0.3) is 0 Å². The SMILES string of the molecule is CCOC(=O)COC(=O)c1ccc(NC=C2C(=O)Oc3ccccc3C2=O)cc1. The molecule has 0 saturated carbocycles. The Morgan fingerprint density at radius 1 is 1.03 bits per heavy atom. The first-order valence-electron chi connectivity index (χ1n) is 8.75. The van der Waals surface area contributed by atoms with Crippen molar-refractivity contribution >= 4 is 29.4 Å². The number of carbonyl (C=O) groups excluding carboxylic acids is 4. The molecule has 1 aliphatic heterocycles. The normalized spacial score (nSPS) is 14.0. The van der Waals surface area contributed by atoms with E-state index in [0.29, 0.717) is 11.3 Å². The highest BCUT2D eigenvalue weighted by Crippen LogP contribution is 2.27. The number of nitrogens with one attached hydrogen (secondary N) is 1. The smallest absolute Gasteiger partial charge is 0.349 e. The van der Waals surface area contributed by atoms with Crippen LogP contribution >= 0.6 is 0 Å². The molecule has 1 N–H and O–H groups in total. The van der Waals surface area contributed by atoms with E-state index < -0.39 is 30.3 Å². The molecule has 0 amide bonds. The summed E-state index contributed by atoms with van der Waals surface area (Å²) in [6.45, 7) is 1.39. The molecule has 0 atom stereocenters. The molecule has 1 aliphatic rings. The molecule has 3 rings (SSSR count). The van der Waals surface area contributed by atoms with Gasteiger partial charge in [0.15, 0.2) is 6.61 Å². The molecule has 0 aromatic heterocycles. The molecule has 0 radical (unpaired) electrons. The average Bonchev–Trinajstić information content (AvgIpc) is 2.72. The zero-order valence-electron chi connectivity index (χ0n) is 15.5. The number of carbonyl (C=O) groups is 4. The third-order valence-corrected chi connectivity index (χ3v) is 3.93. The standard InChI is InChI=1S/C21H17NO7/c1-2-27-18(23)12-28-20(25)13-7-9-14(10-8-13)22-11-16-19(24)15-5-3-4-6-17(15)29-21(16)26/h3-11,22H,2,12H2,1H3. The van der Waals surface area contributed by atoms with Crippen molar-refractivity contribution in [1.29, 1.82) is 0 Å². The molecular weight excluding hydrogens is 378 g/mol. The molecule has 0 bridgehead atoms. The number of anilines is 1. The van der Waals surface area contributed by atoms with Gasteiger partial charge in [0, 0.05) is 11.9 Å². The lowest BCUT2D eigenvalue weighted by molar-refractivity contribution is -0.146. The Morgan fingerprint density at radius 2 is 1.76 bits per heavy atom. The van der Waals surface area contributed by atoms with E-state index in [4.69, 9.17) is 9.47 Å². The summed E-state index contributed by atoms with van der Waals surface area (Å²) in [7, 11) is 0. The Labute approximate surface area is 166 Å². The van der Waals surface area contributed by atoms with Gasteiger partial charge in [0.1, 0.15) is 11.3 Å². The fourth-order valence-corrected chi connectivity index (χ4v) is 2.53. The van der Waals surface area contributed by atoms with Crippen LogP contribution in [0, 0.1) is 0 Å². The molecule has 0 fully saturated rings. The van der Waals surface area contributed by atoms with Crippen LogP contribution in [0.3, 0.4) is 0 Å². The summed E-state index contributed by atoms with van der Waals surface area (Å²) >= 11 is 0. The number of para-hydroxylation sites is 1. The van der Waals surface area contributed by atoms with Crippen molar-refractivity contribution in [3.8, 4) is 5.75 Å². The Bertz CT molecular complexity index is 992. The molecule has 2 aromatic rings. The summed E-state index contributed by atoms with van der Waals surface area (Å²) < 4.78 is 14.7. The second-order valence-corrected chi connectivity index (χ2v) is 5.88. The van der Waals surface area contributed by atoms with E-state index in [1.54, 1.807) is 43.3 Å². The van der Waals surface area contributed by atoms with E-state index in [-0.39, 0.29) is 23.5 Å². The van der Waals surface area contributed by atoms with Crippen LogP contribution in [0.1, 0.15) is 27.6 Å². The van der Waals surface area contributed by atoms with Crippen molar-refractivity contribution < 1.29 is 33.4 Å². The van der Waals surface area contributed by atoms with Gasteiger partial charge in [-0.15, -0.1) is 0 Å². The predicted molar refractivity (Wildman–Crippen MR) is 101 cm³/mol. The maximum atomic E-state index is 12.5. The third-order valence-electron chi connectivity index (χ3n) is 3.93. The number of rotatable bonds is 6. The first-order chi connectivity index (χ1) is 14.0. The maximum absolute atomic E-state index is 12.5. The maximum Gasteiger partial charge on any atom is 0.349 e. The summed E-state index contributed by atoms with van der Waals surface area (Å²) in [4.78, 5) is 47.6. The van der Waals surface area contributed by atoms with Crippen LogP contribution in [0.5, 0.6) is 5.75 Å². The lowest BCUT2D eigenvalue weighted by Crippen LogP contribution is -2.25. The van der Waals surface area contributed by atoms with Crippen LogP contribution < -0.4 is 10.1 Å². The number of hydrogen-bond donors (Lipinski definition) is 1. The van der Waals surface area contributed by atoms with E-state index in [1.807, 2.05) is 0 Å². The number of fused-ring (bicyclic) bond motifs is 1. The van der Waals surface area contributed by atoms with E-state index >= 15 is 0 Å². The van der Waals surface area contributed by atoms with Crippen LogP contribution in [0.15, 0.2) is 60.3 Å². The minimum absolute atomic E-state index is 0.137. The van der Waals surface area contributed by atoms with Gasteiger partial charge in [-0.3, -0.25) is 4.79 Å². The van der Waals surface area contributed by atoms with Gasteiger partial charge in [-0.2, -0.15) is 0 Å². The Hall–Kier alpha value is -3.94. The van der Waals surface area contributed by atoms with E-state index in [0.717, 1.165) is 0 Å². The summed E-state index contributed by atoms with van der Waals surface area (Å²) in [5.74, 6) is -2.27. The second kappa shape index (κ2) is 8.83. The Balaban J connectivity index is 1.64. The molecule has 148 valence electrons. The largest absolute Gasteiger partial charge is 0.463 e. The molecular formula is C21H17NO7. The number of ether oxygens (including phenoxy) is 3. The van der Waals surface area contributed by atoms with Gasteiger partial charge < -0.3 is 19.5 Å². The number of ketones is 1. The minimum Gasteiger partial charge on any atom is -0.463 e. The van der Waals surface area contributed by atoms with E-state index in [9.17, 15) is 19.2 Å². The molecule has 8 nitrogen and oxygen atoms in total. The van der Waals surface area contributed by atoms with E-state index in [2.05, 4.69) is 10.1 Å². The predicted octanol–water partition coefficient (Wildman–Crippen LogP) is 2.50. The number of esters is 3. The summed E-state index contributed by atoms with van der Waals surface area (Å²) in [6, 6.07) is 12.6. The van der Waals surface area contributed by atoms with Gasteiger partial charge >= 0.3 is 17.9 Å². The molecule has 0 unspecified atom stereocenters. The minimum atomic E-state index is -0.750. The van der Waals surface area contributed by atoms with Crippen molar-refractivity contribution in [2.45, 2.75) is 6.92 Å². The van der Waals surface area contributed by atoms with Crippen molar-refractivity contribution in [2.75, 3.05) is 18.5 Å². The zero-order chi connectivity index (χ0) is 20.8. The van der Waals surface area contributed by atoms with Crippen LogP contribution in [0.4, 0.5) is 5.69 Å². The Kier molecular flexibility index (Phi) is 6.03. The quantitative estimate of drug-likeness (QED) is 0.344. The molecule has 1 heterocycles. The number of benzene rings is 2. The molecule has 8 heteroatoms. The van der Waals surface area contributed by atoms with Crippen LogP contribution in [-0.4, -0.2) is 36.9 Å². The molecule has 0 spiro atoms. The van der Waals surface area contributed by atoms with Gasteiger partial charge in [0.2, 0.25) is 5.78 Å². The number of Topliss-reactive ketones (excluding diaryl/α,β-unsaturated/α-hetero) is 1. The van der Waals surface area contributed by atoms with Gasteiger partial charge in [-0.1, -0.05) is 12.1 Å². The summed E-state index contributed by atoms with van der Waals surface area (Å²) in [5.41, 5.74) is 0.926. The lowest BCUT2D eigenvalue weighted by Gasteiger charge is -2.16. The van der Waals surface area contributed by atoms with Crippen LogP contribution in [-0.2, 0) is 19.1 Å². The van der Waals surface area contributed by atoms with Gasteiger partial charge in [-0.05, 0) is 43.3 Å². The first kappa shape index (κ1) is 19.8. The van der Waals surface area contributed by atoms with E-state index in [1.165, 1.54) is 18.3 Å². The third kappa shape index (κ3) is 4.67. The van der Waals surface area contributed by atoms with Crippen molar-refractivity contribution in [2.24, 2.45) is 0 Å². The summed E-state index contributed by atoms with van der Waals surface area (Å²) in [6.07, 6.45) is 1.26. The topological polar surface area (TPSA) is 108 Å². The molecule has 0 saturated heterocycles. The highest BCUT2D eigenvalue weighted by molar-refractivity contribution is 6.27. The fourth-order valence-electron chi connectivity index (χ4n) is 2.53. The highest BCUT2D eigenvalue weighted by atomic mass is 16.6. The summed E-state index contributed by atoms with van der Waals surface area (Å²) in [5, 5.41) is 2.83. The molecule has 2 aromatic carbocycles. The monoisotopic (exact) mass is 395 g/mol. The average molecular weight is 395 g/mol. The zero-order valence-corrected chi connectivity index (χ0v) is 15.5. The Morgan fingerprint density at radius 3 is 2.48 bits per heavy atom. The van der Waals surface area contributed by atoms with Crippen molar-refractivity contribution in [1.82, 2.24) is 0 Å². The van der Waals surface area contributed by atoms with Crippen LogP contribution in [0.2, 0.25) is 0 Å².